The molecule has 4 rings (SSSR count). The molecular weight excluding hydrogens is 446 g/mol. The molecule has 1 amide bonds. The van der Waals surface area contributed by atoms with Crippen LogP contribution >= 0.6 is 22.9 Å². The molecule has 9 heteroatoms. The number of pyridine rings is 1. The summed E-state index contributed by atoms with van der Waals surface area (Å²) < 4.78 is 0.770. The topological polar surface area (TPSA) is 88.1 Å². The van der Waals surface area contributed by atoms with Gasteiger partial charge in [-0.2, -0.15) is 0 Å². The fraction of sp³-hybridized carbons (Fsp3) is 0.435. The number of halogens is 1. The Morgan fingerprint density at radius 3 is 2.72 bits per heavy atom. The highest BCUT2D eigenvalue weighted by molar-refractivity contribution is 7.17. The molecule has 168 valence electrons. The third-order valence-electron chi connectivity index (χ3n) is 5.63. The van der Waals surface area contributed by atoms with Gasteiger partial charge >= 0.3 is 0 Å². The van der Waals surface area contributed by atoms with Gasteiger partial charge in [-0.1, -0.05) is 32.4 Å². The summed E-state index contributed by atoms with van der Waals surface area (Å²) in [7, 11) is 0. The van der Waals surface area contributed by atoms with E-state index in [0.29, 0.717) is 36.2 Å². The molecule has 0 saturated carbocycles. The number of likely N-dealkylation sites (tertiary alicyclic amines) is 1. The predicted octanol–water partition coefficient (Wildman–Crippen LogP) is 4.99. The minimum atomic E-state index is -0.351. The number of aromatic nitrogens is 3. The molecule has 0 aromatic carbocycles. The van der Waals surface area contributed by atoms with E-state index < -0.39 is 0 Å². The van der Waals surface area contributed by atoms with Crippen LogP contribution in [-0.4, -0.2) is 44.6 Å². The molecule has 1 saturated heterocycles. The standard InChI is InChI=1S/C23H26ClN5O2S/c1-13(15-8-16(24)10-25-9-15)26-22-27-17-5-6-32-20(17)19(28-22)21(31)29-11-14(12-29)7-18(30)23(2,3)4/h5-6,8-10,13-14H,7,11-12H2,1-4H3,(H,26,27,28)/t13-/m0/s1. The van der Waals surface area contributed by atoms with Crippen molar-refractivity contribution >= 4 is 50.8 Å². The van der Waals surface area contributed by atoms with Gasteiger partial charge in [-0.25, -0.2) is 9.97 Å². The van der Waals surface area contributed by atoms with E-state index in [4.69, 9.17) is 11.6 Å². The number of Topliss-reactive ketones (excluding diaryl/α,β-unsaturated/α-hetero) is 1. The van der Waals surface area contributed by atoms with E-state index in [0.717, 1.165) is 15.8 Å². The third kappa shape index (κ3) is 4.76. The average molecular weight is 472 g/mol. The lowest BCUT2D eigenvalue weighted by Gasteiger charge is -2.39. The van der Waals surface area contributed by atoms with Crippen molar-refractivity contribution in [3.05, 3.63) is 46.2 Å². The number of hydrogen-bond donors (Lipinski definition) is 1. The number of anilines is 1. The molecule has 1 fully saturated rings. The van der Waals surface area contributed by atoms with Crippen LogP contribution in [0.15, 0.2) is 29.9 Å². The molecule has 1 aliphatic heterocycles. The summed E-state index contributed by atoms with van der Waals surface area (Å²) in [5, 5.41) is 5.72. The zero-order valence-electron chi connectivity index (χ0n) is 18.6. The Hall–Kier alpha value is -2.58. The van der Waals surface area contributed by atoms with Crippen LogP contribution in [0.1, 0.15) is 56.2 Å². The van der Waals surface area contributed by atoms with Gasteiger partial charge in [0.25, 0.3) is 5.91 Å². The number of fused-ring (bicyclic) bond motifs is 1. The number of carbonyl (C=O) groups excluding carboxylic acids is 2. The van der Waals surface area contributed by atoms with Crippen molar-refractivity contribution in [3.8, 4) is 0 Å². The van der Waals surface area contributed by atoms with E-state index in [9.17, 15) is 9.59 Å². The summed E-state index contributed by atoms with van der Waals surface area (Å²) in [6.07, 6.45) is 3.82. The van der Waals surface area contributed by atoms with E-state index in [1.165, 1.54) is 11.3 Å². The zero-order valence-corrected chi connectivity index (χ0v) is 20.1. The Morgan fingerprint density at radius 2 is 2.03 bits per heavy atom. The molecule has 3 aromatic heterocycles. The minimum absolute atomic E-state index is 0.126. The highest BCUT2D eigenvalue weighted by Gasteiger charge is 2.36. The van der Waals surface area contributed by atoms with Crippen LogP contribution in [0.2, 0.25) is 5.02 Å². The fourth-order valence-electron chi connectivity index (χ4n) is 3.60. The molecule has 3 aromatic rings. The van der Waals surface area contributed by atoms with Gasteiger partial charge in [0.1, 0.15) is 5.78 Å². The number of thiophene rings is 1. The van der Waals surface area contributed by atoms with Crippen LogP contribution in [0.5, 0.6) is 0 Å². The molecule has 0 bridgehead atoms. The summed E-state index contributed by atoms with van der Waals surface area (Å²) >= 11 is 7.51. The number of carbonyl (C=O) groups is 2. The first-order valence-corrected chi connectivity index (χ1v) is 11.8. The Bertz CT molecular complexity index is 1170. The van der Waals surface area contributed by atoms with Crippen molar-refractivity contribution in [2.75, 3.05) is 18.4 Å². The normalized spacial score (nSPS) is 15.5. The quantitative estimate of drug-likeness (QED) is 0.544. The first-order chi connectivity index (χ1) is 15.1. The van der Waals surface area contributed by atoms with E-state index in [2.05, 4.69) is 20.3 Å². The first-order valence-electron chi connectivity index (χ1n) is 10.6. The summed E-state index contributed by atoms with van der Waals surface area (Å²) in [4.78, 5) is 40.5. The number of nitrogens with zero attached hydrogens (tertiary/aromatic N) is 4. The van der Waals surface area contributed by atoms with Crippen molar-refractivity contribution in [2.45, 2.75) is 40.2 Å². The SMILES string of the molecule is C[C@H](Nc1nc(C(=O)N2CC(CC(=O)C(C)(C)C)C2)c2sccc2n1)c1cncc(Cl)c1. The van der Waals surface area contributed by atoms with Gasteiger partial charge in [-0.15, -0.1) is 11.3 Å². The molecule has 7 nitrogen and oxygen atoms in total. The molecule has 1 N–H and O–H groups in total. The highest BCUT2D eigenvalue weighted by atomic mass is 35.5. The molecular formula is C23H26ClN5O2S. The largest absolute Gasteiger partial charge is 0.348 e. The van der Waals surface area contributed by atoms with Gasteiger partial charge in [0.15, 0.2) is 5.69 Å². The lowest BCUT2D eigenvalue weighted by molar-refractivity contribution is -0.128. The second-order valence-corrected chi connectivity index (χ2v) is 10.6. The Labute approximate surface area is 196 Å². The zero-order chi connectivity index (χ0) is 23.0. The van der Waals surface area contributed by atoms with E-state index >= 15 is 0 Å². The van der Waals surface area contributed by atoms with E-state index in [1.54, 1.807) is 17.3 Å². The van der Waals surface area contributed by atoms with E-state index in [-0.39, 0.29) is 29.1 Å². The van der Waals surface area contributed by atoms with Crippen molar-refractivity contribution in [1.29, 1.82) is 0 Å². The maximum absolute atomic E-state index is 13.2. The van der Waals surface area contributed by atoms with E-state index in [1.807, 2.05) is 45.2 Å². The second kappa shape index (κ2) is 8.75. The van der Waals surface area contributed by atoms with Gasteiger partial charge in [0.05, 0.1) is 21.3 Å². The van der Waals surface area contributed by atoms with Crippen molar-refractivity contribution < 1.29 is 9.59 Å². The Morgan fingerprint density at radius 1 is 1.28 bits per heavy atom. The first kappa shape index (κ1) is 22.6. The van der Waals surface area contributed by atoms with Gasteiger partial charge in [-0.05, 0) is 30.0 Å². The molecule has 0 aliphatic carbocycles. The van der Waals surface area contributed by atoms with Crippen LogP contribution in [0.25, 0.3) is 10.2 Å². The van der Waals surface area contributed by atoms with Gasteiger partial charge < -0.3 is 10.2 Å². The van der Waals surface area contributed by atoms with Crippen molar-refractivity contribution in [2.24, 2.45) is 11.3 Å². The van der Waals surface area contributed by atoms with Gasteiger partial charge in [0.2, 0.25) is 5.95 Å². The van der Waals surface area contributed by atoms with Gasteiger partial charge in [0, 0.05) is 43.2 Å². The molecule has 32 heavy (non-hydrogen) atoms. The molecule has 1 aliphatic rings. The van der Waals surface area contributed by atoms with Gasteiger partial charge in [-0.3, -0.25) is 14.6 Å². The number of rotatable bonds is 6. The minimum Gasteiger partial charge on any atom is -0.348 e. The summed E-state index contributed by atoms with van der Waals surface area (Å²) in [5.74, 6) is 0.693. The monoisotopic (exact) mass is 471 g/mol. The van der Waals surface area contributed by atoms with Crippen LogP contribution in [0.3, 0.4) is 0 Å². The van der Waals surface area contributed by atoms with Crippen molar-refractivity contribution in [3.63, 3.8) is 0 Å². The van der Waals surface area contributed by atoms with Crippen molar-refractivity contribution in [1.82, 2.24) is 19.9 Å². The summed E-state index contributed by atoms with van der Waals surface area (Å²) in [6.45, 7) is 8.90. The molecule has 4 heterocycles. The van der Waals surface area contributed by atoms with Crippen LogP contribution in [0, 0.1) is 11.3 Å². The molecule has 1 atom stereocenters. The number of amides is 1. The van der Waals surface area contributed by atoms with Crippen LogP contribution in [0.4, 0.5) is 5.95 Å². The Kier molecular flexibility index (Phi) is 6.18. The number of hydrogen-bond acceptors (Lipinski definition) is 7. The molecule has 0 spiro atoms. The highest BCUT2D eigenvalue weighted by Crippen LogP contribution is 2.30. The number of nitrogens with one attached hydrogen (secondary N) is 1. The maximum atomic E-state index is 13.2. The Balaban J connectivity index is 1.50. The molecule has 0 unspecified atom stereocenters. The molecule has 0 radical (unpaired) electrons. The smallest absolute Gasteiger partial charge is 0.274 e. The fourth-order valence-corrected chi connectivity index (χ4v) is 4.59. The summed E-state index contributed by atoms with van der Waals surface area (Å²) in [5.41, 5.74) is 1.67. The average Bonchev–Trinajstić information content (AvgIpc) is 3.17. The second-order valence-electron chi connectivity index (χ2n) is 9.29. The predicted molar refractivity (Wildman–Crippen MR) is 127 cm³/mol. The summed E-state index contributed by atoms with van der Waals surface area (Å²) in [6, 6.07) is 3.58. The lowest BCUT2D eigenvalue weighted by Crippen LogP contribution is -2.51. The third-order valence-corrected chi connectivity index (χ3v) is 6.75. The number of ketones is 1. The maximum Gasteiger partial charge on any atom is 0.274 e. The van der Waals surface area contributed by atoms with Crippen LogP contribution < -0.4 is 5.32 Å². The lowest BCUT2D eigenvalue weighted by atomic mass is 9.83. The van der Waals surface area contributed by atoms with Crippen LogP contribution in [-0.2, 0) is 4.79 Å².